The Morgan fingerprint density at radius 3 is 2.23 bits per heavy atom. The van der Waals surface area contributed by atoms with E-state index in [2.05, 4.69) is 10.3 Å². The van der Waals surface area contributed by atoms with Crippen LogP contribution in [0.5, 0.6) is 0 Å². The quantitative estimate of drug-likeness (QED) is 0.591. The van der Waals surface area contributed by atoms with Crippen LogP contribution in [0.2, 0.25) is 0 Å². The van der Waals surface area contributed by atoms with Gasteiger partial charge < -0.3 is 5.32 Å². The SMILES string of the molecule is CCS(=O)(=O)c1ccc(CC(=O)Nc2ccc(-c3ccncc3)c(C(F)(F)F)c2)cc1. The smallest absolute Gasteiger partial charge is 0.326 e. The van der Waals surface area contributed by atoms with E-state index < -0.39 is 27.5 Å². The van der Waals surface area contributed by atoms with E-state index in [0.29, 0.717) is 11.1 Å². The van der Waals surface area contributed by atoms with Crippen LogP contribution in [0, 0.1) is 0 Å². The van der Waals surface area contributed by atoms with Gasteiger partial charge in [-0.2, -0.15) is 13.2 Å². The Labute approximate surface area is 177 Å². The van der Waals surface area contributed by atoms with E-state index in [1.54, 1.807) is 0 Å². The highest BCUT2D eigenvalue weighted by molar-refractivity contribution is 7.91. The molecule has 0 aliphatic carbocycles. The number of hydrogen-bond acceptors (Lipinski definition) is 4. The molecule has 1 heterocycles. The molecule has 0 spiro atoms. The molecular weight excluding hydrogens is 429 g/mol. The molecule has 1 amide bonds. The van der Waals surface area contributed by atoms with Crippen molar-refractivity contribution < 1.29 is 26.4 Å². The lowest BCUT2D eigenvalue weighted by Gasteiger charge is -2.15. The summed E-state index contributed by atoms with van der Waals surface area (Å²) in [6.45, 7) is 1.53. The van der Waals surface area contributed by atoms with E-state index >= 15 is 0 Å². The third-order valence-electron chi connectivity index (χ3n) is 4.63. The molecule has 31 heavy (non-hydrogen) atoms. The van der Waals surface area contributed by atoms with E-state index in [4.69, 9.17) is 0 Å². The molecule has 0 radical (unpaired) electrons. The number of hydrogen-bond donors (Lipinski definition) is 1. The molecule has 0 atom stereocenters. The molecule has 0 aliphatic rings. The second-order valence-electron chi connectivity index (χ2n) is 6.77. The zero-order chi connectivity index (χ0) is 22.6. The second kappa shape index (κ2) is 8.89. The number of halogens is 3. The summed E-state index contributed by atoms with van der Waals surface area (Å²) in [6.07, 6.45) is -1.91. The number of amides is 1. The summed E-state index contributed by atoms with van der Waals surface area (Å²) in [6, 6.07) is 12.4. The number of nitrogens with one attached hydrogen (secondary N) is 1. The molecule has 0 bridgehead atoms. The Morgan fingerprint density at radius 2 is 1.65 bits per heavy atom. The zero-order valence-electron chi connectivity index (χ0n) is 16.5. The van der Waals surface area contributed by atoms with Gasteiger partial charge in [0.05, 0.1) is 22.6 Å². The van der Waals surface area contributed by atoms with Crippen molar-refractivity contribution >= 4 is 21.4 Å². The number of sulfone groups is 1. The molecule has 0 unspecified atom stereocenters. The topological polar surface area (TPSA) is 76.1 Å². The van der Waals surface area contributed by atoms with Crippen molar-refractivity contribution in [1.82, 2.24) is 4.98 Å². The number of anilines is 1. The van der Waals surface area contributed by atoms with Gasteiger partial charge in [-0.25, -0.2) is 8.42 Å². The van der Waals surface area contributed by atoms with Crippen molar-refractivity contribution in [1.29, 1.82) is 0 Å². The van der Waals surface area contributed by atoms with Crippen LogP contribution in [-0.2, 0) is 27.2 Å². The molecule has 0 aliphatic heterocycles. The summed E-state index contributed by atoms with van der Waals surface area (Å²) in [4.78, 5) is 16.3. The van der Waals surface area contributed by atoms with Gasteiger partial charge in [0.15, 0.2) is 9.84 Å². The van der Waals surface area contributed by atoms with E-state index in [-0.39, 0.29) is 28.3 Å². The molecule has 1 aromatic heterocycles. The van der Waals surface area contributed by atoms with Crippen LogP contribution in [0.4, 0.5) is 18.9 Å². The van der Waals surface area contributed by atoms with Crippen LogP contribution in [-0.4, -0.2) is 25.1 Å². The lowest BCUT2D eigenvalue weighted by molar-refractivity contribution is -0.137. The maximum Gasteiger partial charge on any atom is 0.417 e. The van der Waals surface area contributed by atoms with Crippen LogP contribution in [0.1, 0.15) is 18.1 Å². The summed E-state index contributed by atoms with van der Waals surface area (Å²) in [5, 5.41) is 2.47. The summed E-state index contributed by atoms with van der Waals surface area (Å²) in [5.41, 5.74) is 0.0332. The first-order valence-electron chi connectivity index (χ1n) is 9.33. The van der Waals surface area contributed by atoms with Crippen LogP contribution < -0.4 is 5.32 Å². The minimum Gasteiger partial charge on any atom is -0.326 e. The monoisotopic (exact) mass is 448 g/mol. The van der Waals surface area contributed by atoms with E-state index in [1.165, 1.54) is 67.8 Å². The van der Waals surface area contributed by atoms with Crippen LogP contribution >= 0.6 is 0 Å². The molecule has 1 N–H and O–H groups in total. The van der Waals surface area contributed by atoms with Crippen molar-refractivity contribution in [3.05, 3.63) is 78.1 Å². The molecule has 0 saturated carbocycles. The first-order chi connectivity index (χ1) is 14.6. The normalized spacial score (nSPS) is 11.9. The van der Waals surface area contributed by atoms with Gasteiger partial charge in [-0.3, -0.25) is 9.78 Å². The Morgan fingerprint density at radius 1 is 1.00 bits per heavy atom. The number of carbonyl (C=O) groups excluding carboxylic acids is 1. The van der Waals surface area contributed by atoms with Gasteiger partial charge in [0, 0.05) is 18.1 Å². The summed E-state index contributed by atoms with van der Waals surface area (Å²) < 4.78 is 64.4. The highest BCUT2D eigenvalue weighted by Gasteiger charge is 2.34. The molecule has 3 aromatic rings. The van der Waals surface area contributed by atoms with Gasteiger partial charge in [0.25, 0.3) is 0 Å². The molecule has 2 aromatic carbocycles. The average molecular weight is 448 g/mol. The van der Waals surface area contributed by atoms with Gasteiger partial charge in [0.1, 0.15) is 0 Å². The number of rotatable bonds is 6. The fourth-order valence-electron chi connectivity index (χ4n) is 3.01. The number of alkyl halides is 3. The third kappa shape index (κ3) is 5.49. The van der Waals surface area contributed by atoms with Crippen molar-refractivity contribution in [2.45, 2.75) is 24.4 Å². The minimum atomic E-state index is -4.61. The lowest BCUT2D eigenvalue weighted by atomic mass is 9.99. The highest BCUT2D eigenvalue weighted by Crippen LogP contribution is 2.38. The Kier molecular flexibility index (Phi) is 6.45. The first kappa shape index (κ1) is 22.5. The molecule has 9 heteroatoms. The Bertz CT molecular complexity index is 1180. The first-order valence-corrected chi connectivity index (χ1v) is 11.0. The van der Waals surface area contributed by atoms with E-state index in [0.717, 1.165) is 6.07 Å². The minimum absolute atomic E-state index is 0.0133. The number of aromatic nitrogens is 1. The fraction of sp³-hybridized carbons (Fsp3) is 0.182. The maximum atomic E-state index is 13.6. The van der Waals surface area contributed by atoms with Crippen molar-refractivity contribution in [2.24, 2.45) is 0 Å². The second-order valence-corrected chi connectivity index (χ2v) is 9.04. The van der Waals surface area contributed by atoms with Crippen molar-refractivity contribution in [3.63, 3.8) is 0 Å². The Balaban J connectivity index is 1.79. The summed E-state index contributed by atoms with van der Waals surface area (Å²) in [5.74, 6) is -0.556. The molecule has 162 valence electrons. The molecule has 5 nitrogen and oxygen atoms in total. The number of carbonyl (C=O) groups is 1. The lowest BCUT2D eigenvalue weighted by Crippen LogP contribution is -2.16. The van der Waals surface area contributed by atoms with Gasteiger partial charge in [-0.15, -0.1) is 0 Å². The fourth-order valence-corrected chi connectivity index (χ4v) is 3.90. The predicted octanol–water partition coefficient (Wildman–Crippen LogP) is 4.74. The van der Waals surface area contributed by atoms with Gasteiger partial charge in [0.2, 0.25) is 5.91 Å². The molecule has 0 fully saturated rings. The highest BCUT2D eigenvalue weighted by atomic mass is 32.2. The summed E-state index contributed by atoms with van der Waals surface area (Å²) >= 11 is 0. The van der Waals surface area contributed by atoms with Gasteiger partial charge in [-0.1, -0.05) is 25.1 Å². The standard InChI is InChI=1S/C22H19F3N2O3S/c1-2-31(29,30)18-6-3-15(4-7-18)13-21(28)27-17-5-8-19(16-9-11-26-12-10-16)20(14-17)22(23,24)25/h3-12,14H,2,13H2,1H3,(H,27,28). The Hall–Kier alpha value is -3.20. The van der Waals surface area contributed by atoms with Crippen molar-refractivity contribution in [2.75, 3.05) is 11.1 Å². The largest absolute Gasteiger partial charge is 0.417 e. The number of benzene rings is 2. The maximum absolute atomic E-state index is 13.6. The van der Waals surface area contributed by atoms with Crippen LogP contribution in [0.25, 0.3) is 11.1 Å². The summed E-state index contributed by atoms with van der Waals surface area (Å²) in [7, 11) is -3.35. The zero-order valence-corrected chi connectivity index (χ0v) is 17.3. The van der Waals surface area contributed by atoms with Gasteiger partial charge in [-0.05, 0) is 53.1 Å². The molecule has 0 saturated heterocycles. The van der Waals surface area contributed by atoms with Crippen LogP contribution in [0.3, 0.4) is 0 Å². The number of pyridine rings is 1. The third-order valence-corrected chi connectivity index (χ3v) is 6.38. The van der Waals surface area contributed by atoms with Crippen LogP contribution in [0.15, 0.2) is 71.9 Å². The van der Waals surface area contributed by atoms with Gasteiger partial charge >= 0.3 is 6.18 Å². The molecule has 3 rings (SSSR count). The predicted molar refractivity (Wildman–Crippen MR) is 111 cm³/mol. The van der Waals surface area contributed by atoms with E-state index in [9.17, 15) is 26.4 Å². The number of nitrogens with zero attached hydrogens (tertiary/aromatic N) is 1. The average Bonchev–Trinajstić information content (AvgIpc) is 2.74. The molecular formula is C22H19F3N2O3S. The van der Waals surface area contributed by atoms with E-state index in [1.807, 2.05) is 0 Å². The van der Waals surface area contributed by atoms with Crippen molar-refractivity contribution in [3.8, 4) is 11.1 Å².